The third-order valence-corrected chi connectivity index (χ3v) is 2.03. The molecule has 2 atom stereocenters. The van der Waals surface area contributed by atoms with Gasteiger partial charge in [-0.3, -0.25) is 0 Å². The molecule has 0 spiro atoms. The fourth-order valence-corrected chi connectivity index (χ4v) is 1.38. The lowest BCUT2D eigenvalue weighted by Gasteiger charge is -2.10. The van der Waals surface area contributed by atoms with Crippen LogP contribution in [0.25, 0.3) is 0 Å². The Kier molecular flexibility index (Phi) is 4.29. The number of hydrogen-bond donors (Lipinski definition) is 1. The molecule has 12 heavy (non-hydrogen) atoms. The van der Waals surface area contributed by atoms with E-state index in [9.17, 15) is 0 Å². The normalized spacial score (nSPS) is 29.1. The maximum Gasteiger partial charge on any atom is 0.0975 e. The van der Waals surface area contributed by atoms with Crippen LogP contribution in [0.15, 0.2) is 12.7 Å². The van der Waals surface area contributed by atoms with Gasteiger partial charge in [-0.1, -0.05) is 6.08 Å². The Morgan fingerprint density at radius 2 is 2.33 bits per heavy atom. The number of hydrogen-bond acceptors (Lipinski definition) is 3. The molecule has 0 aromatic carbocycles. The van der Waals surface area contributed by atoms with Gasteiger partial charge in [0.15, 0.2) is 0 Å². The molecule has 0 aliphatic carbocycles. The van der Waals surface area contributed by atoms with Crippen LogP contribution in [0.4, 0.5) is 0 Å². The zero-order valence-corrected chi connectivity index (χ0v) is 7.58. The first-order valence-electron chi connectivity index (χ1n) is 4.49. The molecule has 0 amide bonds. The van der Waals surface area contributed by atoms with Crippen molar-refractivity contribution in [2.45, 2.75) is 31.8 Å². The summed E-state index contributed by atoms with van der Waals surface area (Å²) in [7, 11) is 0. The summed E-state index contributed by atoms with van der Waals surface area (Å²) in [6.45, 7) is 6.90. The maximum absolute atomic E-state index is 4.96. The maximum atomic E-state index is 4.96. The third-order valence-electron chi connectivity index (χ3n) is 2.03. The van der Waals surface area contributed by atoms with Crippen LogP contribution in [0.1, 0.15) is 19.8 Å². The second-order valence-electron chi connectivity index (χ2n) is 2.97. The summed E-state index contributed by atoms with van der Waals surface area (Å²) < 4.78 is 0. The second kappa shape index (κ2) is 5.30. The number of rotatable bonds is 5. The Morgan fingerprint density at radius 1 is 1.50 bits per heavy atom. The van der Waals surface area contributed by atoms with Gasteiger partial charge in [-0.25, -0.2) is 9.78 Å². The highest BCUT2D eigenvalue weighted by Crippen LogP contribution is 2.12. The van der Waals surface area contributed by atoms with E-state index in [1.165, 1.54) is 0 Å². The van der Waals surface area contributed by atoms with E-state index >= 15 is 0 Å². The minimum absolute atomic E-state index is 0.430. The first-order valence-corrected chi connectivity index (χ1v) is 4.49. The largest absolute Gasteiger partial charge is 0.305 e. The molecule has 3 nitrogen and oxygen atoms in total. The van der Waals surface area contributed by atoms with Gasteiger partial charge in [0.25, 0.3) is 0 Å². The minimum atomic E-state index is 0.430. The van der Waals surface area contributed by atoms with Crippen LogP contribution < -0.4 is 5.32 Å². The lowest BCUT2D eigenvalue weighted by molar-refractivity contribution is -0.294. The van der Waals surface area contributed by atoms with Crippen molar-refractivity contribution < 1.29 is 9.78 Å². The zero-order chi connectivity index (χ0) is 8.81. The predicted octanol–water partition coefficient (Wildman–Crippen LogP) is 1.26. The summed E-state index contributed by atoms with van der Waals surface area (Å²) in [6, 6.07) is 0.889. The van der Waals surface area contributed by atoms with Crippen molar-refractivity contribution in [2.75, 3.05) is 13.2 Å². The lowest BCUT2D eigenvalue weighted by atomic mass is 10.2. The standard InChI is InChI=1S/C9H17NO2/c1-3-8-5-6-9(10-8)7-12-11-4-2/h3,8-10H,1,4-7H2,2H3/t8?,9-/m0/s1. The topological polar surface area (TPSA) is 30.5 Å². The van der Waals surface area contributed by atoms with Gasteiger partial charge in [-0.05, 0) is 19.8 Å². The summed E-state index contributed by atoms with van der Waals surface area (Å²) in [5, 5.41) is 3.38. The van der Waals surface area contributed by atoms with Crippen molar-refractivity contribution in [1.82, 2.24) is 5.32 Å². The fourth-order valence-electron chi connectivity index (χ4n) is 1.38. The molecule has 1 aliphatic rings. The van der Waals surface area contributed by atoms with Crippen LogP contribution in [-0.4, -0.2) is 25.3 Å². The molecule has 1 aliphatic heterocycles. The first-order chi connectivity index (χ1) is 5.86. The molecule has 1 unspecified atom stereocenters. The minimum Gasteiger partial charge on any atom is -0.305 e. The highest BCUT2D eigenvalue weighted by Gasteiger charge is 2.21. The molecule has 3 heteroatoms. The van der Waals surface area contributed by atoms with Crippen LogP contribution >= 0.6 is 0 Å². The van der Waals surface area contributed by atoms with Crippen LogP contribution in [-0.2, 0) is 9.78 Å². The quantitative estimate of drug-likeness (QED) is 0.292. The van der Waals surface area contributed by atoms with Crippen LogP contribution in [0.2, 0.25) is 0 Å². The molecular formula is C9H17NO2. The average Bonchev–Trinajstić information content (AvgIpc) is 2.53. The molecule has 70 valence electrons. The zero-order valence-electron chi connectivity index (χ0n) is 7.58. The van der Waals surface area contributed by atoms with Crippen molar-refractivity contribution in [2.24, 2.45) is 0 Å². The molecule has 1 fully saturated rings. The highest BCUT2D eigenvalue weighted by atomic mass is 17.2. The summed E-state index contributed by atoms with van der Waals surface area (Å²) in [5.74, 6) is 0. The SMILES string of the molecule is C=CC1CC[C@@H](COOCC)N1. The molecule has 1 rings (SSSR count). The van der Waals surface area contributed by atoms with Gasteiger partial charge in [0, 0.05) is 12.1 Å². The molecular weight excluding hydrogens is 154 g/mol. The van der Waals surface area contributed by atoms with E-state index in [1.54, 1.807) is 0 Å². The lowest BCUT2D eigenvalue weighted by Crippen LogP contribution is -2.31. The molecule has 0 bridgehead atoms. The van der Waals surface area contributed by atoms with Crippen molar-refractivity contribution in [3.63, 3.8) is 0 Å². The highest BCUT2D eigenvalue weighted by molar-refractivity contribution is 4.93. The Morgan fingerprint density at radius 3 is 2.92 bits per heavy atom. The van der Waals surface area contributed by atoms with E-state index in [0.29, 0.717) is 25.3 Å². The Hall–Kier alpha value is -0.380. The monoisotopic (exact) mass is 171 g/mol. The van der Waals surface area contributed by atoms with Gasteiger partial charge < -0.3 is 5.32 Å². The second-order valence-corrected chi connectivity index (χ2v) is 2.97. The summed E-state index contributed by atoms with van der Waals surface area (Å²) in [5.41, 5.74) is 0. The van der Waals surface area contributed by atoms with E-state index < -0.39 is 0 Å². The molecule has 0 saturated carbocycles. The van der Waals surface area contributed by atoms with Crippen LogP contribution in [0.3, 0.4) is 0 Å². The molecule has 0 aromatic rings. The smallest absolute Gasteiger partial charge is 0.0975 e. The third kappa shape index (κ3) is 2.93. The molecule has 0 aromatic heterocycles. The van der Waals surface area contributed by atoms with Crippen LogP contribution in [0, 0.1) is 0 Å². The number of nitrogens with one attached hydrogen (secondary N) is 1. The van der Waals surface area contributed by atoms with E-state index in [0.717, 1.165) is 12.8 Å². The van der Waals surface area contributed by atoms with Crippen LogP contribution in [0.5, 0.6) is 0 Å². The van der Waals surface area contributed by atoms with Gasteiger partial charge in [-0.15, -0.1) is 6.58 Å². The van der Waals surface area contributed by atoms with Gasteiger partial charge in [0.05, 0.1) is 13.2 Å². The van der Waals surface area contributed by atoms with Crippen molar-refractivity contribution >= 4 is 0 Å². The Labute approximate surface area is 73.7 Å². The van der Waals surface area contributed by atoms with Crippen molar-refractivity contribution in [1.29, 1.82) is 0 Å². The Balaban J connectivity index is 2.06. The molecule has 1 N–H and O–H groups in total. The van der Waals surface area contributed by atoms with Gasteiger partial charge in [-0.2, -0.15) is 0 Å². The van der Waals surface area contributed by atoms with Gasteiger partial charge in [0.2, 0.25) is 0 Å². The summed E-state index contributed by atoms with van der Waals surface area (Å²) in [6.07, 6.45) is 4.24. The molecule has 1 heterocycles. The fraction of sp³-hybridized carbons (Fsp3) is 0.778. The molecule has 0 radical (unpaired) electrons. The van der Waals surface area contributed by atoms with E-state index in [2.05, 4.69) is 11.9 Å². The van der Waals surface area contributed by atoms with Crippen molar-refractivity contribution in [3.8, 4) is 0 Å². The van der Waals surface area contributed by atoms with E-state index in [1.807, 2.05) is 13.0 Å². The Bertz CT molecular complexity index is 138. The van der Waals surface area contributed by atoms with Gasteiger partial charge >= 0.3 is 0 Å². The van der Waals surface area contributed by atoms with Crippen molar-refractivity contribution in [3.05, 3.63) is 12.7 Å². The molecule has 1 saturated heterocycles. The van der Waals surface area contributed by atoms with E-state index in [4.69, 9.17) is 9.78 Å². The predicted molar refractivity (Wildman–Crippen MR) is 47.7 cm³/mol. The summed E-state index contributed by atoms with van der Waals surface area (Å²) >= 11 is 0. The van der Waals surface area contributed by atoms with Gasteiger partial charge in [0.1, 0.15) is 0 Å². The first kappa shape index (κ1) is 9.71. The average molecular weight is 171 g/mol. The van der Waals surface area contributed by atoms with E-state index in [-0.39, 0.29) is 0 Å². The summed E-state index contributed by atoms with van der Waals surface area (Å²) in [4.78, 5) is 9.76.